The number of hydrogen-bond donors (Lipinski definition) is 1. The minimum atomic E-state index is -0.0897. The fourth-order valence-corrected chi connectivity index (χ4v) is 3.11. The molecule has 0 fully saturated rings. The van der Waals surface area contributed by atoms with Crippen molar-refractivity contribution in [3.05, 3.63) is 50.4 Å². The van der Waals surface area contributed by atoms with E-state index in [0.29, 0.717) is 0 Å². The van der Waals surface area contributed by atoms with Crippen molar-refractivity contribution in [2.24, 2.45) is 5.73 Å². The second-order valence-electron chi connectivity index (χ2n) is 3.34. The maximum atomic E-state index is 6.20. The van der Waals surface area contributed by atoms with Gasteiger partial charge >= 0.3 is 0 Å². The molecule has 2 heterocycles. The fourth-order valence-electron chi connectivity index (χ4n) is 1.47. The van der Waals surface area contributed by atoms with Crippen LogP contribution in [0.25, 0.3) is 0 Å². The minimum Gasteiger partial charge on any atom is -0.320 e. The fraction of sp³-hybridized carbons (Fsp3) is 0.182. The lowest BCUT2D eigenvalue weighted by Gasteiger charge is -2.12. The van der Waals surface area contributed by atoms with Crippen LogP contribution in [-0.2, 0) is 0 Å². The number of nitrogens with zero attached hydrogens (tertiary/aromatic N) is 1. The topological polar surface area (TPSA) is 38.9 Å². The first-order chi connectivity index (χ1) is 7.20. The standard InChI is InChI=1S/C11H11BrN2S/c1-7-2-4-14-6-8(7)10(13)11-9(12)3-5-15-11/h2-6,10H,13H2,1H3. The van der Waals surface area contributed by atoms with Gasteiger partial charge in [0.2, 0.25) is 0 Å². The van der Waals surface area contributed by atoms with E-state index < -0.39 is 0 Å². The molecular formula is C11H11BrN2S. The van der Waals surface area contributed by atoms with Crippen LogP contribution >= 0.6 is 27.3 Å². The SMILES string of the molecule is Cc1ccncc1C(N)c1sccc1Br. The molecule has 0 saturated heterocycles. The molecule has 15 heavy (non-hydrogen) atoms. The Morgan fingerprint density at radius 3 is 2.87 bits per heavy atom. The van der Waals surface area contributed by atoms with E-state index in [2.05, 4.69) is 27.8 Å². The number of aryl methyl sites for hydroxylation is 1. The molecule has 0 amide bonds. The lowest BCUT2D eigenvalue weighted by molar-refractivity contribution is 0.868. The van der Waals surface area contributed by atoms with E-state index in [1.807, 2.05) is 23.7 Å². The summed E-state index contributed by atoms with van der Waals surface area (Å²) in [4.78, 5) is 5.26. The first kappa shape index (κ1) is 10.8. The van der Waals surface area contributed by atoms with Crippen molar-refractivity contribution >= 4 is 27.3 Å². The van der Waals surface area contributed by atoms with Gasteiger partial charge in [-0.15, -0.1) is 11.3 Å². The summed E-state index contributed by atoms with van der Waals surface area (Å²) < 4.78 is 1.07. The van der Waals surface area contributed by atoms with Crippen LogP contribution < -0.4 is 5.73 Å². The van der Waals surface area contributed by atoms with Crippen molar-refractivity contribution in [3.63, 3.8) is 0 Å². The summed E-state index contributed by atoms with van der Waals surface area (Å²) in [6.45, 7) is 2.05. The maximum absolute atomic E-state index is 6.20. The highest BCUT2D eigenvalue weighted by atomic mass is 79.9. The molecule has 2 rings (SSSR count). The average molecular weight is 283 g/mol. The molecule has 0 aliphatic heterocycles. The molecule has 2 N–H and O–H groups in total. The number of hydrogen-bond acceptors (Lipinski definition) is 3. The van der Waals surface area contributed by atoms with Gasteiger partial charge in [0.1, 0.15) is 0 Å². The predicted molar refractivity (Wildman–Crippen MR) is 67.0 cm³/mol. The highest BCUT2D eigenvalue weighted by Gasteiger charge is 2.15. The second-order valence-corrected chi connectivity index (χ2v) is 5.14. The van der Waals surface area contributed by atoms with Crippen LogP contribution in [0.5, 0.6) is 0 Å². The van der Waals surface area contributed by atoms with Gasteiger partial charge in [-0.3, -0.25) is 4.98 Å². The normalized spacial score (nSPS) is 12.7. The molecule has 78 valence electrons. The van der Waals surface area contributed by atoms with Crippen molar-refractivity contribution < 1.29 is 0 Å². The molecule has 0 aliphatic carbocycles. The van der Waals surface area contributed by atoms with Gasteiger partial charge in [0.25, 0.3) is 0 Å². The number of pyridine rings is 1. The van der Waals surface area contributed by atoms with Crippen molar-refractivity contribution in [2.45, 2.75) is 13.0 Å². The molecular weight excluding hydrogens is 272 g/mol. The molecule has 2 aromatic heterocycles. The van der Waals surface area contributed by atoms with Crippen molar-refractivity contribution in [3.8, 4) is 0 Å². The first-order valence-electron chi connectivity index (χ1n) is 4.59. The van der Waals surface area contributed by atoms with Crippen LogP contribution in [0.2, 0.25) is 0 Å². The predicted octanol–water partition coefficient (Wildman–Crippen LogP) is 3.26. The van der Waals surface area contributed by atoms with Crippen LogP contribution in [-0.4, -0.2) is 4.98 Å². The number of nitrogens with two attached hydrogens (primary N) is 1. The molecule has 0 aromatic carbocycles. The smallest absolute Gasteiger partial charge is 0.0675 e. The summed E-state index contributed by atoms with van der Waals surface area (Å²) in [5.74, 6) is 0. The minimum absolute atomic E-state index is 0.0897. The Bertz CT molecular complexity index is 467. The Hall–Kier alpha value is -0.710. The van der Waals surface area contributed by atoms with Crippen LogP contribution in [0.1, 0.15) is 22.0 Å². The summed E-state index contributed by atoms with van der Waals surface area (Å²) in [6, 6.07) is 3.91. The van der Waals surface area contributed by atoms with Gasteiger partial charge < -0.3 is 5.73 Å². The molecule has 0 bridgehead atoms. The third kappa shape index (κ3) is 2.12. The summed E-state index contributed by atoms with van der Waals surface area (Å²) in [7, 11) is 0. The number of aromatic nitrogens is 1. The number of halogens is 1. The van der Waals surface area contributed by atoms with Gasteiger partial charge in [0.05, 0.1) is 6.04 Å². The quantitative estimate of drug-likeness (QED) is 0.918. The second kappa shape index (κ2) is 4.43. The van der Waals surface area contributed by atoms with Crippen molar-refractivity contribution in [1.82, 2.24) is 4.98 Å². The zero-order valence-electron chi connectivity index (χ0n) is 8.27. The maximum Gasteiger partial charge on any atom is 0.0675 e. The van der Waals surface area contributed by atoms with Crippen LogP contribution in [0, 0.1) is 6.92 Å². The third-order valence-corrected chi connectivity index (χ3v) is 4.30. The first-order valence-corrected chi connectivity index (χ1v) is 6.26. The molecule has 2 aromatic rings. The number of rotatable bonds is 2. The highest BCUT2D eigenvalue weighted by molar-refractivity contribution is 9.10. The molecule has 1 unspecified atom stereocenters. The van der Waals surface area contributed by atoms with Gasteiger partial charge in [0.15, 0.2) is 0 Å². The zero-order chi connectivity index (χ0) is 10.8. The average Bonchev–Trinajstić information content (AvgIpc) is 2.64. The van der Waals surface area contributed by atoms with E-state index in [0.717, 1.165) is 14.9 Å². The molecule has 4 heteroatoms. The zero-order valence-corrected chi connectivity index (χ0v) is 10.7. The van der Waals surface area contributed by atoms with Gasteiger partial charge in [-0.2, -0.15) is 0 Å². The summed E-state index contributed by atoms with van der Waals surface area (Å²) in [5, 5.41) is 2.03. The summed E-state index contributed by atoms with van der Waals surface area (Å²) in [6.07, 6.45) is 3.63. The summed E-state index contributed by atoms with van der Waals surface area (Å²) in [5.41, 5.74) is 8.47. The van der Waals surface area contributed by atoms with Gasteiger partial charge in [-0.05, 0) is 51.5 Å². The molecule has 0 saturated carbocycles. The van der Waals surface area contributed by atoms with E-state index in [1.54, 1.807) is 17.5 Å². The lowest BCUT2D eigenvalue weighted by atomic mass is 10.0. The lowest BCUT2D eigenvalue weighted by Crippen LogP contribution is -2.12. The summed E-state index contributed by atoms with van der Waals surface area (Å²) >= 11 is 5.16. The molecule has 2 nitrogen and oxygen atoms in total. The van der Waals surface area contributed by atoms with E-state index in [4.69, 9.17) is 5.73 Å². The van der Waals surface area contributed by atoms with E-state index in [1.165, 1.54) is 5.56 Å². The van der Waals surface area contributed by atoms with E-state index >= 15 is 0 Å². The van der Waals surface area contributed by atoms with Gasteiger partial charge in [0, 0.05) is 21.7 Å². The highest BCUT2D eigenvalue weighted by Crippen LogP contribution is 2.32. The van der Waals surface area contributed by atoms with Crippen LogP contribution in [0.15, 0.2) is 34.4 Å². The molecule has 0 radical (unpaired) electrons. The third-order valence-electron chi connectivity index (χ3n) is 2.34. The van der Waals surface area contributed by atoms with Gasteiger partial charge in [-0.25, -0.2) is 0 Å². The van der Waals surface area contributed by atoms with Crippen molar-refractivity contribution in [2.75, 3.05) is 0 Å². The Labute approximate surface area is 101 Å². The largest absolute Gasteiger partial charge is 0.320 e. The van der Waals surface area contributed by atoms with Gasteiger partial charge in [-0.1, -0.05) is 0 Å². The number of thiophene rings is 1. The Kier molecular flexibility index (Phi) is 3.19. The monoisotopic (exact) mass is 282 g/mol. The Morgan fingerprint density at radius 1 is 1.47 bits per heavy atom. The van der Waals surface area contributed by atoms with Crippen LogP contribution in [0.4, 0.5) is 0 Å². The van der Waals surface area contributed by atoms with Crippen LogP contribution in [0.3, 0.4) is 0 Å². The van der Waals surface area contributed by atoms with Crippen molar-refractivity contribution in [1.29, 1.82) is 0 Å². The molecule has 0 spiro atoms. The Morgan fingerprint density at radius 2 is 2.27 bits per heavy atom. The molecule has 1 atom stereocenters. The van der Waals surface area contributed by atoms with E-state index in [9.17, 15) is 0 Å². The van der Waals surface area contributed by atoms with E-state index in [-0.39, 0.29) is 6.04 Å². The molecule has 0 aliphatic rings. The Balaban J connectivity index is 2.41.